The summed E-state index contributed by atoms with van der Waals surface area (Å²) >= 11 is 6.07. The molecule has 0 aliphatic rings. The van der Waals surface area contributed by atoms with Gasteiger partial charge in [0.25, 0.3) is 0 Å². The molecular weight excluding hydrogens is 340 g/mol. The minimum atomic E-state index is -3.51. The molecular formula is C13H19ClN6O2S. The van der Waals surface area contributed by atoms with Crippen LogP contribution in [-0.2, 0) is 16.9 Å². The zero-order chi connectivity index (χ0) is 17.2. The van der Waals surface area contributed by atoms with E-state index in [9.17, 15) is 8.42 Å². The van der Waals surface area contributed by atoms with Crippen molar-refractivity contribution < 1.29 is 8.42 Å². The van der Waals surface area contributed by atoms with Gasteiger partial charge in [-0.1, -0.05) is 25.4 Å². The van der Waals surface area contributed by atoms with Gasteiger partial charge < -0.3 is 10.6 Å². The molecule has 2 rings (SSSR count). The summed E-state index contributed by atoms with van der Waals surface area (Å²) in [7, 11) is -0.185. The Morgan fingerprint density at radius 2 is 2.09 bits per heavy atom. The summed E-state index contributed by atoms with van der Waals surface area (Å²) in [6.07, 6.45) is 3.01. The average Bonchev–Trinajstić information content (AvgIpc) is 2.81. The van der Waals surface area contributed by atoms with Gasteiger partial charge in [0.1, 0.15) is 5.02 Å². The van der Waals surface area contributed by atoms with Crippen molar-refractivity contribution in [1.29, 1.82) is 0 Å². The van der Waals surface area contributed by atoms with Crippen molar-refractivity contribution in [3.63, 3.8) is 0 Å². The molecule has 0 saturated carbocycles. The number of hydrogen-bond donors (Lipinski definition) is 2. The predicted molar refractivity (Wildman–Crippen MR) is 90.0 cm³/mol. The van der Waals surface area contributed by atoms with Gasteiger partial charge in [-0.15, -0.1) is 0 Å². The Kier molecular flexibility index (Phi) is 5.10. The second kappa shape index (κ2) is 6.71. The highest BCUT2D eigenvalue weighted by molar-refractivity contribution is 7.91. The maximum absolute atomic E-state index is 12.5. The first-order valence-corrected chi connectivity index (χ1v) is 8.99. The van der Waals surface area contributed by atoms with E-state index in [1.54, 1.807) is 20.3 Å². The fraction of sp³-hybridized carbons (Fsp3) is 0.462. The van der Waals surface area contributed by atoms with Crippen LogP contribution in [-0.4, -0.2) is 41.0 Å². The van der Waals surface area contributed by atoms with Crippen LogP contribution < -0.4 is 10.6 Å². The van der Waals surface area contributed by atoms with Crippen molar-refractivity contribution in [3.8, 4) is 0 Å². The standard InChI is InChI=1S/C13H19ClN6O2S/c1-8(2)7-23(21,22)12-10(6-20(4)19-12)17-11-9(14)5-16-13(15-3)18-11/h5-6,8H,7H2,1-4H3,(H2,15,16,17,18). The Labute approximate surface area is 140 Å². The number of nitrogens with zero attached hydrogens (tertiary/aromatic N) is 4. The summed E-state index contributed by atoms with van der Waals surface area (Å²) in [5, 5.41) is 10.1. The number of hydrogen-bond acceptors (Lipinski definition) is 7. The normalized spacial score (nSPS) is 11.7. The second-order valence-electron chi connectivity index (χ2n) is 5.46. The molecule has 0 amide bonds. The molecule has 0 aromatic carbocycles. The van der Waals surface area contributed by atoms with Crippen LogP contribution in [0.25, 0.3) is 0 Å². The third kappa shape index (κ3) is 4.11. The SMILES string of the molecule is CNc1ncc(Cl)c(Nc2cn(C)nc2S(=O)(=O)CC(C)C)n1. The minimum Gasteiger partial charge on any atom is -0.357 e. The highest BCUT2D eigenvalue weighted by Crippen LogP contribution is 2.28. The Balaban J connectivity index is 2.42. The number of aromatic nitrogens is 4. The molecule has 2 aromatic heterocycles. The molecule has 0 spiro atoms. The number of rotatable bonds is 6. The van der Waals surface area contributed by atoms with E-state index in [2.05, 4.69) is 25.7 Å². The van der Waals surface area contributed by atoms with Crippen molar-refractivity contribution in [1.82, 2.24) is 19.7 Å². The fourth-order valence-corrected chi connectivity index (χ4v) is 3.87. The highest BCUT2D eigenvalue weighted by Gasteiger charge is 2.25. The summed E-state index contributed by atoms with van der Waals surface area (Å²) in [6, 6.07) is 0. The van der Waals surface area contributed by atoms with Crippen LogP contribution in [0.15, 0.2) is 17.4 Å². The van der Waals surface area contributed by atoms with E-state index >= 15 is 0 Å². The summed E-state index contributed by atoms with van der Waals surface area (Å²) in [5.41, 5.74) is 0.329. The van der Waals surface area contributed by atoms with E-state index in [4.69, 9.17) is 11.6 Å². The van der Waals surface area contributed by atoms with Gasteiger partial charge >= 0.3 is 0 Å². The van der Waals surface area contributed by atoms with Crippen LogP contribution in [0.1, 0.15) is 13.8 Å². The summed E-state index contributed by atoms with van der Waals surface area (Å²) in [5.74, 6) is 0.679. The zero-order valence-electron chi connectivity index (χ0n) is 13.3. The van der Waals surface area contributed by atoms with Crippen LogP contribution in [0.5, 0.6) is 0 Å². The van der Waals surface area contributed by atoms with Gasteiger partial charge in [0.05, 0.1) is 17.6 Å². The average molecular weight is 359 g/mol. The molecule has 8 nitrogen and oxygen atoms in total. The summed E-state index contributed by atoms with van der Waals surface area (Å²) < 4.78 is 26.4. The first kappa shape index (κ1) is 17.5. The van der Waals surface area contributed by atoms with Gasteiger partial charge in [-0.05, 0) is 5.92 Å². The third-order valence-corrected chi connectivity index (χ3v) is 5.14. The first-order chi connectivity index (χ1) is 10.7. The Bertz CT molecular complexity index is 803. The van der Waals surface area contributed by atoms with E-state index in [1.807, 2.05) is 13.8 Å². The van der Waals surface area contributed by atoms with E-state index in [1.165, 1.54) is 10.9 Å². The van der Waals surface area contributed by atoms with Crippen LogP contribution in [0.3, 0.4) is 0 Å². The lowest BCUT2D eigenvalue weighted by Gasteiger charge is -2.10. The predicted octanol–water partition coefficient (Wildman–Crippen LogP) is 2.08. The number of nitrogens with one attached hydrogen (secondary N) is 2. The topological polar surface area (TPSA) is 102 Å². The molecule has 2 aromatic rings. The first-order valence-electron chi connectivity index (χ1n) is 6.96. The number of aryl methyl sites for hydroxylation is 1. The van der Waals surface area contributed by atoms with Crippen molar-refractivity contribution in [2.24, 2.45) is 13.0 Å². The molecule has 0 fully saturated rings. The molecule has 2 heterocycles. The lowest BCUT2D eigenvalue weighted by molar-refractivity contribution is 0.575. The van der Waals surface area contributed by atoms with Crippen LogP contribution in [0.2, 0.25) is 5.02 Å². The smallest absolute Gasteiger partial charge is 0.224 e. The minimum absolute atomic E-state index is 0.00612. The van der Waals surface area contributed by atoms with Gasteiger partial charge in [-0.3, -0.25) is 4.68 Å². The maximum atomic E-state index is 12.5. The van der Waals surface area contributed by atoms with E-state index < -0.39 is 9.84 Å². The molecule has 0 radical (unpaired) electrons. The maximum Gasteiger partial charge on any atom is 0.224 e. The lowest BCUT2D eigenvalue weighted by atomic mass is 10.3. The Hall–Kier alpha value is -1.87. The Morgan fingerprint density at radius 1 is 1.39 bits per heavy atom. The van der Waals surface area contributed by atoms with E-state index in [0.717, 1.165) is 0 Å². The van der Waals surface area contributed by atoms with Crippen LogP contribution >= 0.6 is 11.6 Å². The highest BCUT2D eigenvalue weighted by atomic mass is 35.5. The summed E-state index contributed by atoms with van der Waals surface area (Å²) in [4.78, 5) is 8.16. The van der Waals surface area contributed by atoms with Gasteiger partial charge in [-0.25, -0.2) is 13.4 Å². The van der Waals surface area contributed by atoms with Crippen molar-refractivity contribution >= 4 is 38.9 Å². The lowest BCUT2D eigenvalue weighted by Crippen LogP contribution is -2.14. The quantitative estimate of drug-likeness (QED) is 0.814. The van der Waals surface area contributed by atoms with E-state index in [-0.39, 0.29) is 21.7 Å². The van der Waals surface area contributed by atoms with Crippen molar-refractivity contribution in [2.45, 2.75) is 18.9 Å². The molecule has 126 valence electrons. The molecule has 23 heavy (non-hydrogen) atoms. The third-order valence-electron chi connectivity index (χ3n) is 2.86. The number of sulfone groups is 1. The van der Waals surface area contributed by atoms with Gasteiger partial charge in [-0.2, -0.15) is 10.1 Å². The molecule has 0 bridgehead atoms. The van der Waals surface area contributed by atoms with Crippen LogP contribution in [0, 0.1) is 5.92 Å². The molecule has 0 atom stereocenters. The summed E-state index contributed by atoms with van der Waals surface area (Å²) in [6.45, 7) is 3.68. The number of anilines is 3. The van der Waals surface area contributed by atoms with Crippen LogP contribution in [0.4, 0.5) is 17.5 Å². The second-order valence-corrected chi connectivity index (χ2v) is 7.82. The zero-order valence-corrected chi connectivity index (χ0v) is 14.9. The molecule has 0 aliphatic heterocycles. The van der Waals surface area contributed by atoms with E-state index in [0.29, 0.717) is 17.5 Å². The van der Waals surface area contributed by atoms with Gasteiger partial charge in [0, 0.05) is 20.3 Å². The van der Waals surface area contributed by atoms with Crippen molar-refractivity contribution in [2.75, 3.05) is 23.4 Å². The number of halogens is 1. The Morgan fingerprint density at radius 3 is 2.70 bits per heavy atom. The van der Waals surface area contributed by atoms with Gasteiger partial charge in [0.2, 0.25) is 11.0 Å². The molecule has 0 unspecified atom stereocenters. The fourth-order valence-electron chi connectivity index (χ4n) is 2.00. The molecule has 0 saturated heterocycles. The molecule has 0 aliphatic carbocycles. The molecule has 10 heteroatoms. The van der Waals surface area contributed by atoms with Crippen molar-refractivity contribution in [3.05, 3.63) is 17.4 Å². The molecule has 2 N–H and O–H groups in total. The van der Waals surface area contributed by atoms with Gasteiger partial charge in [0.15, 0.2) is 15.7 Å². The largest absolute Gasteiger partial charge is 0.357 e. The monoisotopic (exact) mass is 358 g/mol.